The Morgan fingerprint density at radius 1 is 0.889 bits per heavy atom. The molecule has 6 nitrogen and oxygen atoms in total. The lowest BCUT2D eigenvalue weighted by Gasteiger charge is -2.13. The summed E-state index contributed by atoms with van der Waals surface area (Å²) in [6.07, 6.45) is 0.455. The topological polar surface area (TPSA) is 80.8 Å². The maximum Gasteiger partial charge on any atom is 0.338 e. The number of hydrogen-bond donors (Lipinski definition) is 0. The summed E-state index contributed by atoms with van der Waals surface area (Å²) in [5.41, 5.74) is 1.20. The Morgan fingerprint density at radius 2 is 1.44 bits per heavy atom. The zero-order valence-electron chi connectivity index (χ0n) is 14.3. The van der Waals surface area contributed by atoms with Crippen LogP contribution in [0.15, 0.2) is 48.5 Å². The highest BCUT2D eigenvalue weighted by Gasteiger charge is 2.28. The minimum atomic E-state index is -0.676. The van der Waals surface area contributed by atoms with Crippen molar-refractivity contribution >= 4 is 23.6 Å². The first-order valence-electron chi connectivity index (χ1n) is 8.32. The molecule has 0 atom stereocenters. The van der Waals surface area contributed by atoms with Gasteiger partial charge < -0.3 is 4.74 Å². The van der Waals surface area contributed by atoms with Crippen molar-refractivity contribution in [3.05, 3.63) is 71.0 Å². The fourth-order valence-electron chi connectivity index (χ4n) is 2.66. The first-order valence-corrected chi connectivity index (χ1v) is 8.32. The zero-order valence-corrected chi connectivity index (χ0v) is 14.3. The van der Waals surface area contributed by atoms with E-state index in [1.165, 1.54) is 29.2 Å². The van der Waals surface area contributed by atoms with Crippen molar-refractivity contribution in [2.45, 2.75) is 19.4 Å². The Hall–Kier alpha value is -3.35. The van der Waals surface area contributed by atoms with E-state index in [1.807, 2.05) is 0 Å². The third kappa shape index (κ3) is 4.44. The number of amides is 2. The van der Waals surface area contributed by atoms with Crippen LogP contribution in [0.1, 0.15) is 39.1 Å². The van der Waals surface area contributed by atoms with Gasteiger partial charge in [-0.3, -0.25) is 19.3 Å². The number of nitrogens with zero attached hydrogens (tertiary/aromatic N) is 1. The Kier molecular flexibility index (Phi) is 5.40. The number of esters is 1. The highest BCUT2D eigenvalue weighted by Crippen LogP contribution is 2.16. The quantitative estimate of drug-likeness (QED) is 0.444. The highest BCUT2D eigenvalue weighted by atomic mass is 19.1. The summed E-state index contributed by atoms with van der Waals surface area (Å²) < 4.78 is 17.8. The predicted octanol–water partition coefficient (Wildman–Crippen LogP) is 2.51. The SMILES string of the molecule is O=C(COC(=O)c1ccc(CN2C(=O)CCC2=O)cc1)c1ccc(F)cc1. The number of imide groups is 1. The van der Waals surface area contributed by atoms with Gasteiger partial charge >= 0.3 is 5.97 Å². The van der Waals surface area contributed by atoms with Crippen molar-refractivity contribution in [2.24, 2.45) is 0 Å². The van der Waals surface area contributed by atoms with Crippen LogP contribution in [0.2, 0.25) is 0 Å². The summed E-state index contributed by atoms with van der Waals surface area (Å²) in [7, 11) is 0. The smallest absolute Gasteiger partial charge is 0.338 e. The molecule has 2 aromatic rings. The number of carbonyl (C=O) groups is 4. The van der Waals surface area contributed by atoms with Gasteiger partial charge in [-0.25, -0.2) is 9.18 Å². The van der Waals surface area contributed by atoms with Crippen molar-refractivity contribution in [1.82, 2.24) is 4.90 Å². The van der Waals surface area contributed by atoms with Crippen LogP contribution < -0.4 is 0 Å². The molecule has 0 unspecified atom stereocenters. The minimum absolute atomic E-state index is 0.163. The van der Waals surface area contributed by atoms with Gasteiger partial charge in [0.25, 0.3) is 0 Å². The molecule has 0 radical (unpaired) electrons. The molecule has 138 valence electrons. The molecule has 0 aliphatic carbocycles. The largest absolute Gasteiger partial charge is 0.454 e. The number of Topliss-reactive ketones (excluding diaryl/α,β-unsaturated/α-hetero) is 1. The predicted molar refractivity (Wildman–Crippen MR) is 92.2 cm³/mol. The van der Waals surface area contributed by atoms with Crippen molar-refractivity contribution in [3.8, 4) is 0 Å². The molecule has 1 fully saturated rings. The van der Waals surface area contributed by atoms with E-state index in [9.17, 15) is 23.6 Å². The molecule has 27 heavy (non-hydrogen) atoms. The maximum absolute atomic E-state index is 12.9. The standard InChI is InChI=1S/C20H16FNO5/c21-16-7-5-14(6-8-16)17(23)12-27-20(26)15-3-1-13(2-4-15)11-22-18(24)9-10-19(22)25/h1-8H,9-12H2. The molecule has 1 aliphatic rings. The molecule has 7 heteroatoms. The van der Waals surface area contributed by atoms with E-state index in [-0.39, 0.29) is 42.3 Å². The molecule has 0 bridgehead atoms. The first kappa shape index (κ1) is 18.4. The highest BCUT2D eigenvalue weighted by molar-refractivity contribution is 6.02. The van der Waals surface area contributed by atoms with Crippen molar-refractivity contribution < 1.29 is 28.3 Å². The summed E-state index contributed by atoms with van der Waals surface area (Å²) in [5, 5.41) is 0. The van der Waals surface area contributed by atoms with Crippen molar-refractivity contribution in [2.75, 3.05) is 6.61 Å². The van der Waals surface area contributed by atoms with Crippen LogP contribution in [0.5, 0.6) is 0 Å². The molecule has 0 aromatic heterocycles. The molecule has 1 aliphatic heterocycles. The van der Waals surface area contributed by atoms with Gasteiger partial charge in [-0.2, -0.15) is 0 Å². The summed E-state index contributed by atoms with van der Waals surface area (Å²) in [6, 6.07) is 11.2. The number of carbonyl (C=O) groups excluding carboxylic acids is 4. The normalized spacial score (nSPS) is 13.7. The van der Waals surface area contributed by atoms with Crippen molar-refractivity contribution in [1.29, 1.82) is 0 Å². The van der Waals surface area contributed by atoms with Gasteiger partial charge in [0.2, 0.25) is 11.8 Å². The molecule has 2 aromatic carbocycles. The van der Waals surface area contributed by atoms with E-state index >= 15 is 0 Å². The maximum atomic E-state index is 12.9. The van der Waals surface area contributed by atoms with Crippen LogP contribution in [0.4, 0.5) is 4.39 Å². The third-order valence-corrected chi connectivity index (χ3v) is 4.19. The number of ketones is 1. The second-order valence-corrected chi connectivity index (χ2v) is 6.08. The van der Waals surface area contributed by atoms with E-state index in [4.69, 9.17) is 4.74 Å². The fraction of sp³-hybridized carbons (Fsp3) is 0.200. The Morgan fingerprint density at radius 3 is 2.04 bits per heavy atom. The Labute approximate surface area is 154 Å². The van der Waals surface area contributed by atoms with Gasteiger partial charge in [0, 0.05) is 18.4 Å². The van der Waals surface area contributed by atoms with Gasteiger partial charge in [0.15, 0.2) is 12.4 Å². The second-order valence-electron chi connectivity index (χ2n) is 6.08. The minimum Gasteiger partial charge on any atom is -0.454 e. The average Bonchev–Trinajstić information content (AvgIpc) is 2.99. The molecular weight excluding hydrogens is 353 g/mol. The molecule has 0 saturated carbocycles. The van der Waals surface area contributed by atoms with E-state index in [0.29, 0.717) is 5.56 Å². The lowest BCUT2D eigenvalue weighted by atomic mass is 10.1. The monoisotopic (exact) mass is 369 g/mol. The van der Waals surface area contributed by atoms with Gasteiger partial charge in [0.1, 0.15) is 5.82 Å². The number of likely N-dealkylation sites (tertiary alicyclic amines) is 1. The number of hydrogen-bond acceptors (Lipinski definition) is 5. The number of benzene rings is 2. The Bertz CT molecular complexity index is 874. The van der Waals surface area contributed by atoms with Gasteiger partial charge in [0.05, 0.1) is 12.1 Å². The van der Waals surface area contributed by atoms with Crippen molar-refractivity contribution in [3.63, 3.8) is 0 Å². The van der Waals surface area contributed by atoms with Gasteiger partial charge in [-0.15, -0.1) is 0 Å². The van der Waals surface area contributed by atoms with Crippen LogP contribution >= 0.6 is 0 Å². The van der Waals surface area contributed by atoms with E-state index in [2.05, 4.69) is 0 Å². The number of ether oxygens (including phenoxy) is 1. The van der Waals surface area contributed by atoms with Crippen LogP contribution in [-0.2, 0) is 20.9 Å². The molecule has 1 heterocycles. The lowest BCUT2D eigenvalue weighted by molar-refractivity contribution is -0.139. The fourth-order valence-corrected chi connectivity index (χ4v) is 2.66. The van der Waals surface area contributed by atoms with Gasteiger partial charge in [-0.1, -0.05) is 12.1 Å². The summed E-state index contributed by atoms with van der Waals surface area (Å²) >= 11 is 0. The molecule has 1 saturated heterocycles. The molecule has 0 N–H and O–H groups in total. The molecule has 3 rings (SSSR count). The van der Waals surface area contributed by atoms with E-state index < -0.39 is 24.2 Å². The van der Waals surface area contributed by atoms with Crippen LogP contribution in [0, 0.1) is 5.82 Å². The average molecular weight is 369 g/mol. The van der Waals surface area contributed by atoms with Crippen LogP contribution in [0.25, 0.3) is 0 Å². The second kappa shape index (κ2) is 7.90. The summed E-state index contributed by atoms with van der Waals surface area (Å²) in [4.78, 5) is 48.4. The molecule has 0 spiro atoms. The summed E-state index contributed by atoms with van der Waals surface area (Å²) in [6.45, 7) is -0.293. The molecular formula is C20H16FNO5. The van der Waals surface area contributed by atoms with Crippen LogP contribution in [0.3, 0.4) is 0 Å². The van der Waals surface area contributed by atoms with Gasteiger partial charge in [-0.05, 0) is 42.0 Å². The Balaban J connectivity index is 1.55. The lowest BCUT2D eigenvalue weighted by Crippen LogP contribution is -2.28. The van der Waals surface area contributed by atoms with Crippen LogP contribution in [-0.4, -0.2) is 35.1 Å². The zero-order chi connectivity index (χ0) is 19.4. The number of rotatable bonds is 6. The van der Waals surface area contributed by atoms with E-state index in [1.54, 1.807) is 12.1 Å². The molecule has 2 amide bonds. The number of halogens is 1. The summed E-state index contributed by atoms with van der Waals surface area (Å²) in [5.74, 6) is -1.98. The first-order chi connectivity index (χ1) is 12.9. The third-order valence-electron chi connectivity index (χ3n) is 4.19. The van der Waals surface area contributed by atoms with E-state index in [0.717, 1.165) is 12.1 Å².